The topological polar surface area (TPSA) is 89.3 Å². The van der Waals surface area contributed by atoms with Crippen molar-refractivity contribution in [2.45, 2.75) is 57.4 Å². The van der Waals surface area contributed by atoms with Crippen LogP contribution in [0.3, 0.4) is 0 Å². The molecule has 0 spiro atoms. The van der Waals surface area contributed by atoms with Crippen LogP contribution in [0.15, 0.2) is 42.9 Å². The van der Waals surface area contributed by atoms with Gasteiger partial charge in [-0.05, 0) is 60.9 Å². The zero-order chi connectivity index (χ0) is 22.6. The molecule has 5 rings (SSSR count). The number of rotatable bonds is 9. The number of carbonyl (C=O) groups is 1. The van der Waals surface area contributed by atoms with E-state index in [1.54, 1.807) is 0 Å². The number of nitrogens with one attached hydrogen (secondary N) is 1. The van der Waals surface area contributed by atoms with Crippen molar-refractivity contribution in [1.82, 2.24) is 14.5 Å². The van der Waals surface area contributed by atoms with Crippen molar-refractivity contribution >= 4 is 11.8 Å². The molecule has 1 aromatic carbocycles. The minimum absolute atomic E-state index is 0.0719. The van der Waals surface area contributed by atoms with Crippen LogP contribution < -0.4 is 10.1 Å². The monoisotopic (exact) mass is 446 g/mol. The zero-order valence-electron chi connectivity index (χ0n) is 18.8. The molecule has 7 heteroatoms. The smallest absolute Gasteiger partial charge is 0.304 e. The van der Waals surface area contributed by atoms with E-state index >= 15 is 0 Å². The van der Waals surface area contributed by atoms with Crippen molar-refractivity contribution in [2.75, 3.05) is 18.5 Å². The van der Waals surface area contributed by atoms with Gasteiger partial charge in [0.2, 0.25) is 0 Å². The molecule has 0 saturated heterocycles. The number of benzene rings is 1. The van der Waals surface area contributed by atoms with Gasteiger partial charge in [-0.25, -0.2) is 9.97 Å². The summed E-state index contributed by atoms with van der Waals surface area (Å²) < 4.78 is 7.81. The number of hydrogen-bond donors (Lipinski definition) is 2. The average molecular weight is 447 g/mol. The number of carboxylic acid groups (broad SMARTS) is 1. The standard InChI is InChI=1S/C26H30N4O3/c31-25(32)14-21(20-7-6-18-10-12-33-24(18)13-20)16-30-17-27-15-23(30)5-1-4-22-9-8-19-3-2-11-28-26(19)29-22/h6-9,13,15,17,21H,1-5,10-12,14,16H2,(H,28,29)(H,31,32). The van der Waals surface area contributed by atoms with Gasteiger partial charge in [-0.3, -0.25) is 4.79 Å². The van der Waals surface area contributed by atoms with E-state index in [4.69, 9.17) is 9.72 Å². The number of pyridine rings is 1. The van der Waals surface area contributed by atoms with E-state index in [0.29, 0.717) is 13.2 Å². The molecule has 0 amide bonds. The normalized spacial score (nSPS) is 15.3. The van der Waals surface area contributed by atoms with E-state index in [1.807, 2.05) is 24.7 Å². The zero-order valence-corrected chi connectivity index (χ0v) is 18.8. The van der Waals surface area contributed by atoms with E-state index in [1.165, 1.54) is 17.5 Å². The highest BCUT2D eigenvalue weighted by Gasteiger charge is 2.21. The fourth-order valence-electron chi connectivity index (χ4n) is 4.85. The van der Waals surface area contributed by atoms with Gasteiger partial charge >= 0.3 is 5.97 Å². The summed E-state index contributed by atoms with van der Waals surface area (Å²) in [6.45, 7) is 2.28. The molecule has 4 heterocycles. The third kappa shape index (κ3) is 5.02. The van der Waals surface area contributed by atoms with Crippen molar-refractivity contribution in [3.8, 4) is 5.75 Å². The third-order valence-corrected chi connectivity index (χ3v) is 6.65. The second kappa shape index (κ2) is 9.65. The summed E-state index contributed by atoms with van der Waals surface area (Å²) in [6.07, 6.45) is 9.71. The average Bonchev–Trinajstić information content (AvgIpc) is 3.47. The highest BCUT2D eigenvalue weighted by Crippen LogP contribution is 2.32. The maximum Gasteiger partial charge on any atom is 0.304 e. The van der Waals surface area contributed by atoms with Crippen LogP contribution in [0.1, 0.15) is 53.3 Å². The fraction of sp³-hybridized carbons (Fsp3) is 0.423. The summed E-state index contributed by atoms with van der Waals surface area (Å²) in [5, 5.41) is 12.9. The summed E-state index contributed by atoms with van der Waals surface area (Å²) in [5.74, 6) is 0.993. The van der Waals surface area contributed by atoms with Crippen LogP contribution in [0.25, 0.3) is 0 Å². The van der Waals surface area contributed by atoms with Crippen LogP contribution >= 0.6 is 0 Å². The number of aryl methyl sites for hydroxylation is 3. The number of ether oxygens (including phenoxy) is 1. The molecule has 2 N–H and O–H groups in total. The first kappa shape index (κ1) is 21.5. The van der Waals surface area contributed by atoms with Crippen LogP contribution in [0.4, 0.5) is 5.82 Å². The molecule has 172 valence electrons. The first-order chi connectivity index (χ1) is 16.2. The molecule has 1 atom stereocenters. The van der Waals surface area contributed by atoms with Gasteiger partial charge in [0.15, 0.2) is 0 Å². The number of hydrogen-bond acceptors (Lipinski definition) is 5. The molecule has 7 nitrogen and oxygen atoms in total. The predicted octanol–water partition coefficient (Wildman–Crippen LogP) is 4.00. The van der Waals surface area contributed by atoms with Crippen LogP contribution in [0, 0.1) is 0 Å². The minimum atomic E-state index is -0.796. The van der Waals surface area contributed by atoms with Gasteiger partial charge in [-0.2, -0.15) is 0 Å². The Bertz CT molecular complexity index is 1140. The van der Waals surface area contributed by atoms with E-state index in [9.17, 15) is 9.90 Å². The van der Waals surface area contributed by atoms with Crippen molar-refractivity contribution in [2.24, 2.45) is 0 Å². The Morgan fingerprint density at radius 1 is 1.18 bits per heavy atom. The first-order valence-electron chi connectivity index (χ1n) is 11.8. The Balaban J connectivity index is 1.24. The summed E-state index contributed by atoms with van der Waals surface area (Å²) in [7, 11) is 0. The third-order valence-electron chi connectivity index (χ3n) is 6.65. The molecule has 0 radical (unpaired) electrons. The Morgan fingerprint density at radius 3 is 3.00 bits per heavy atom. The van der Waals surface area contributed by atoms with Crippen LogP contribution in [-0.2, 0) is 37.0 Å². The number of fused-ring (bicyclic) bond motifs is 2. The van der Waals surface area contributed by atoms with Gasteiger partial charge in [0.25, 0.3) is 0 Å². The van der Waals surface area contributed by atoms with Crippen molar-refractivity contribution in [3.05, 3.63) is 70.9 Å². The summed E-state index contributed by atoms with van der Waals surface area (Å²) >= 11 is 0. The lowest BCUT2D eigenvalue weighted by Crippen LogP contribution is -2.15. The first-order valence-corrected chi connectivity index (χ1v) is 11.8. The highest BCUT2D eigenvalue weighted by molar-refractivity contribution is 5.68. The second-order valence-electron chi connectivity index (χ2n) is 8.99. The van der Waals surface area contributed by atoms with Crippen molar-refractivity contribution in [3.63, 3.8) is 0 Å². The lowest BCUT2D eigenvalue weighted by Gasteiger charge is -2.19. The molecule has 2 aromatic heterocycles. The summed E-state index contributed by atoms with van der Waals surface area (Å²) in [4.78, 5) is 20.7. The molecular weight excluding hydrogens is 416 g/mol. The van der Waals surface area contributed by atoms with E-state index in [-0.39, 0.29) is 12.3 Å². The predicted molar refractivity (Wildman–Crippen MR) is 126 cm³/mol. The Labute approximate surface area is 193 Å². The van der Waals surface area contributed by atoms with Crippen LogP contribution in [0.2, 0.25) is 0 Å². The quantitative estimate of drug-likeness (QED) is 0.516. The van der Waals surface area contributed by atoms with Gasteiger partial charge in [-0.1, -0.05) is 18.2 Å². The summed E-state index contributed by atoms with van der Waals surface area (Å²) in [5.41, 5.74) is 5.74. The maximum atomic E-state index is 11.6. The molecule has 3 aromatic rings. The van der Waals surface area contributed by atoms with Crippen LogP contribution in [-0.4, -0.2) is 38.8 Å². The SMILES string of the molecule is O=C(O)CC(Cn1cncc1CCCc1ccc2c(n1)NCCC2)c1ccc2c(c1)OCC2. The molecular formula is C26H30N4O3. The van der Waals surface area contributed by atoms with E-state index in [0.717, 1.165) is 67.2 Å². The molecule has 2 aliphatic heterocycles. The van der Waals surface area contributed by atoms with Crippen molar-refractivity contribution in [1.29, 1.82) is 0 Å². The highest BCUT2D eigenvalue weighted by atomic mass is 16.5. The maximum absolute atomic E-state index is 11.6. The molecule has 0 bridgehead atoms. The number of nitrogens with zero attached hydrogens (tertiary/aromatic N) is 3. The number of aromatic nitrogens is 3. The Hall–Kier alpha value is -3.35. The van der Waals surface area contributed by atoms with Gasteiger partial charge in [0.1, 0.15) is 11.6 Å². The lowest BCUT2D eigenvalue weighted by atomic mass is 9.94. The summed E-state index contributed by atoms with van der Waals surface area (Å²) in [6, 6.07) is 10.5. The molecule has 1 unspecified atom stereocenters. The van der Waals surface area contributed by atoms with Crippen molar-refractivity contribution < 1.29 is 14.6 Å². The molecule has 0 saturated carbocycles. The molecule has 0 aliphatic carbocycles. The Morgan fingerprint density at radius 2 is 2.09 bits per heavy atom. The van der Waals surface area contributed by atoms with Gasteiger partial charge < -0.3 is 19.7 Å². The van der Waals surface area contributed by atoms with Crippen LogP contribution in [0.5, 0.6) is 5.75 Å². The molecule has 2 aliphatic rings. The van der Waals surface area contributed by atoms with Gasteiger partial charge in [0.05, 0.1) is 19.4 Å². The number of aliphatic carboxylic acids is 1. The molecule has 33 heavy (non-hydrogen) atoms. The fourth-order valence-corrected chi connectivity index (χ4v) is 4.85. The minimum Gasteiger partial charge on any atom is -0.493 e. The second-order valence-corrected chi connectivity index (χ2v) is 8.99. The number of carboxylic acids is 1. The van der Waals surface area contributed by atoms with E-state index < -0.39 is 5.97 Å². The van der Waals surface area contributed by atoms with Gasteiger partial charge in [0, 0.05) is 43.0 Å². The van der Waals surface area contributed by atoms with E-state index in [2.05, 4.69) is 33.1 Å². The lowest BCUT2D eigenvalue weighted by molar-refractivity contribution is -0.137. The molecule has 0 fully saturated rings. The Kier molecular flexibility index (Phi) is 6.28. The largest absolute Gasteiger partial charge is 0.493 e. The number of imidazole rings is 1. The van der Waals surface area contributed by atoms with Gasteiger partial charge in [-0.15, -0.1) is 0 Å². The number of anilines is 1.